The number of nitrogens with two attached hydrogens (primary N) is 3. The molecule has 0 unspecified atom stereocenters. The predicted molar refractivity (Wildman–Crippen MR) is 113 cm³/mol. The molecule has 0 radical (unpaired) electrons. The van der Waals surface area contributed by atoms with E-state index in [-0.39, 0.29) is 5.92 Å². The maximum Gasteiger partial charge on any atom is 0.282 e. The maximum absolute atomic E-state index is 12.7. The van der Waals surface area contributed by atoms with E-state index in [1.165, 1.54) is 32.1 Å². The first kappa shape index (κ1) is 20.7. The normalized spacial score (nSPS) is 24.2. The molecule has 7 nitrogen and oxygen atoms in total. The molecule has 1 amide bonds. The zero-order chi connectivity index (χ0) is 20.1. The Morgan fingerprint density at radius 2 is 1.57 bits per heavy atom. The Morgan fingerprint density at radius 3 is 2.14 bits per heavy atom. The Bertz CT molecular complexity index is 646. The Hall–Kier alpha value is -2.02. The molecule has 3 rings (SSSR count). The van der Waals surface area contributed by atoms with Gasteiger partial charge in [-0.2, -0.15) is 4.99 Å². The van der Waals surface area contributed by atoms with Gasteiger partial charge in [0, 0.05) is 36.8 Å². The van der Waals surface area contributed by atoms with Crippen LogP contribution >= 0.6 is 0 Å². The van der Waals surface area contributed by atoms with Crippen molar-refractivity contribution in [3.05, 3.63) is 23.2 Å². The number of allylic oxidation sites excluding steroid dienone is 1. The van der Waals surface area contributed by atoms with E-state index >= 15 is 0 Å². The third-order valence-corrected chi connectivity index (χ3v) is 6.02. The molecule has 0 aromatic carbocycles. The largest absolute Gasteiger partial charge is 0.402 e. The van der Waals surface area contributed by atoms with Crippen LogP contribution in [0.4, 0.5) is 0 Å². The van der Waals surface area contributed by atoms with Crippen LogP contribution in [0.5, 0.6) is 0 Å². The minimum atomic E-state index is -0.394. The molecule has 2 aliphatic carbocycles. The number of amides is 1. The fraction of sp³-hybridized carbons (Fsp3) is 0.714. The summed E-state index contributed by atoms with van der Waals surface area (Å²) in [7, 11) is 0. The number of carbonyl (C=O) groups excluding carboxylic acids is 1. The zero-order valence-corrected chi connectivity index (χ0v) is 17.1. The summed E-state index contributed by atoms with van der Waals surface area (Å²) in [4.78, 5) is 18.8. The molecule has 1 saturated heterocycles. The summed E-state index contributed by atoms with van der Waals surface area (Å²) < 4.78 is 0. The second kappa shape index (κ2) is 9.45. The average Bonchev–Trinajstić information content (AvgIpc) is 3.52. The highest BCUT2D eigenvalue weighted by Crippen LogP contribution is 2.29. The molecule has 28 heavy (non-hydrogen) atoms. The van der Waals surface area contributed by atoms with E-state index in [2.05, 4.69) is 15.2 Å². The number of likely N-dealkylation sites (tertiary alicyclic amines) is 1. The highest BCUT2D eigenvalue weighted by atomic mass is 16.1. The van der Waals surface area contributed by atoms with Crippen LogP contribution in [0.2, 0.25) is 0 Å². The molecule has 7 heteroatoms. The first-order valence-corrected chi connectivity index (χ1v) is 10.8. The number of hydrogen-bond acceptors (Lipinski definition) is 5. The molecule has 0 atom stereocenters. The van der Waals surface area contributed by atoms with Crippen LogP contribution in [0.25, 0.3) is 0 Å². The minimum Gasteiger partial charge on any atom is -0.402 e. The molecule has 7 N–H and O–H groups in total. The van der Waals surface area contributed by atoms with Gasteiger partial charge in [0.05, 0.1) is 5.57 Å². The van der Waals surface area contributed by atoms with Crippen LogP contribution in [0.15, 0.2) is 28.2 Å². The van der Waals surface area contributed by atoms with Crippen molar-refractivity contribution in [1.82, 2.24) is 10.2 Å². The van der Waals surface area contributed by atoms with E-state index < -0.39 is 5.91 Å². The molecular formula is C21H36N6O. The van der Waals surface area contributed by atoms with Crippen LogP contribution in [0.3, 0.4) is 0 Å². The molecule has 0 aromatic heterocycles. The lowest BCUT2D eigenvalue weighted by molar-refractivity contribution is -0.114. The summed E-state index contributed by atoms with van der Waals surface area (Å²) >= 11 is 0. The first-order chi connectivity index (χ1) is 13.4. The highest BCUT2D eigenvalue weighted by molar-refractivity contribution is 6.05. The lowest BCUT2D eigenvalue weighted by Crippen LogP contribution is -2.47. The number of rotatable bonds is 6. The van der Waals surface area contributed by atoms with Gasteiger partial charge in [-0.3, -0.25) is 4.79 Å². The lowest BCUT2D eigenvalue weighted by Gasteiger charge is -2.37. The van der Waals surface area contributed by atoms with Crippen molar-refractivity contribution in [3.8, 4) is 0 Å². The summed E-state index contributed by atoms with van der Waals surface area (Å²) in [5.41, 5.74) is 19.0. The second-order valence-electron chi connectivity index (χ2n) is 8.57. The number of nitrogens with zero attached hydrogens (tertiary/aromatic N) is 2. The van der Waals surface area contributed by atoms with E-state index in [1.807, 2.05) is 0 Å². The van der Waals surface area contributed by atoms with Gasteiger partial charge >= 0.3 is 0 Å². The molecule has 3 fully saturated rings. The summed E-state index contributed by atoms with van der Waals surface area (Å²) in [5, 5.41) is 3.83. The summed E-state index contributed by atoms with van der Waals surface area (Å²) in [6.45, 7) is 3.40. The SMILES string of the molecule is C/C(N)=C/C(C(=O)N=C(N)C1CC1)=C(\N)N1CCC(NC2CCCCC2)CC1. The highest BCUT2D eigenvalue weighted by Gasteiger charge is 2.28. The molecule has 3 aliphatic rings. The van der Waals surface area contributed by atoms with Gasteiger partial charge in [-0.1, -0.05) is 19.3 Å². The van der Waals surface area contributed by atoms with E-state index in [0.717, 1.165) is 38.8 Å². The first-order valence-electron chi connectivity index (χ1n) is 10.8. The number of amidine groups is 1. The maximum atomic E-state index is 12.7. The summed E-state index contributed by atoms with van der Waals surface area (Å²) in [6.07, 6.45) is 12.3. The smallest absolute Gasteiger partial charge is 0.282 e. The number of nitrogens with one attached hydrogen (secondary N) is 1. The number of carbonyl (C=O) groups is 1. The molecule has 0 aromatic rings. The van der Waals surface area contributed by atoms with Gasteiger partial charge in [-0.15, -0.1) is 0 Å². The molecule has 2 saturated carbocycles. The van der Waals surface area contributed by atoms with Gasteiger partial charge in [0.1, 0.15) is 11.7 Å². The molecule has 156 valence electrons. The van der Waals surface area contributed by atoms with Crippen LogP contribution in [0, 0.1) is 5.92 Å². The van der Waals surface area contributed by atoms with Crippen LogP contribution in [-0.2, 0) is 4.79 Å². The zero-order valence-electron chi connectivity index (χ0n) is 17.1. The van der Waals surface area contributed by atoms with Gasteiger partial charge in [0.2, 0.25) is 0 Å². The van der Waals surface area contributed by atoms with Crippen molar-refractivity contribution in [2.45, 2.75) is 76.8 Å². The van der Waals surface area contributed by atoms with Crippen LogP contribution in [-0.4, -0.2) is 41.8 Å². The monoisotopic (exact) mass is 388 g/mol. The third kappa shape index (κ3) is 5.74. The Morgan fingerprint density at radius 1 is 0.964 bits per heavy atom. The molecular weight excluding hydrogens is 352 g/mol. The van der Waals surface area contributed by atoms with Crippen LogP contribution in [0.1, 0.15) is 64.7 Å². The van der Waals surface area contributed by atoms with Gasteiger partial charge < -0.3 is 27.4 Å². The summed E-state index contributed by atoms with van der Waals surface area (Å²) in [6, 6.07) is 1.19. The molecule has 1 aliphatic heterocycles. The van der Waals surface area contributed by atoms with Crippen LogP contribution < -0.4 is 22.5 Å². The topological polar surface area (TPSA) is 123 Å². The van der Waals surface area contributed by atoms with Gasteiger partial charge in [-0.25, -0.2) is 0 Å². The average molecular weight is 389 g/mol. The van der Waals surface area contributed by atoms with Gasteiger partial charge in [0.25, 0.3) is 5.91 Å². The number of hydrogen-bond donors (Lipinski definition) is 4. The van der Waals surface area contributed by atoms with E-state index in [9.17, 15) is 4.79 Å². The van der Waals surface area contributed by atoms with Crippen molar-refractivity contribution in [3.63, 3.8) is 0 Å². The van der Waals surface area contributed by atoms with Crippen molar-refractivity contribution < 1.29 is 4.79 Å². The Kier molecular flexibility index (Phi) is 6.99. The molecule has 0 bridgehead atoms. The van der Waals surface area contributed by atoms with Crippen molar-refractivity contribution in [2.75, 3.05) is 13.1 Å². The number of piperidine rings is 1. The minimum absolute atomic E-state index is 0.246. The third-order valence-electron chi connectivity index (χ3n) is 6.02. The quantitative estimate of drug-likeness (QED) is 0.238. The number of aliphatic imine (C=N–C) groups is 1. The van der Waals surface area contributed by atoms with E-state index in [0.29, 0.717) is 35.0 Å². The van der Waals surface area contributed by atoms with Gasteiger partial charge in [-0.05, 0) is 51.5 Å². The van der Waals surface area contributed by atoms with E-state index in [4.69, 9.17) is 17.2 Å². The Labute approximate surface area is 168 Å². The molecule has 1 heterocycles. The summed E-state index contributed by atoms with van der Waals surface area (Å²) in [5.74, 6) is 0.720. The fourth-order valence-corrected chi connectivity index (χ4v) is 4.18. The predicted octanol–water partition coefficient (Wildman–Crippen LogP) is 1.70. The van der Waals surface area contributed by atoms with Crippen molar-refractivity contribution >= 4 is 11.7 Å². The fourth-order valence-electron chi connectivity index (χ4n) is 4.18. The molecule has 0 spiro atoms. The second-order valence-corrected chi connectivity index (χ2v) is 8.57. The van der Waals surface area contributed by atoms with Crippen molar-refractivity contribution in [1.29, 1.82) is 0 Å². The Balaban J connectivity index is 1.63. The lowest BCUT2D eigenvalue weighted by atomic mass is 9.93. The standard InChI is InChI=1S/C21H36N6O/c1-14(22)13-18(21(28)26-19(23)15-7-8-15)20(24)27-11-9-17(10-12-27)25-16-5-3-2-4-6-16/h13,15-17,25H,2-12,22,24H2,1H3,(H2,23,26,28)/b14-13-,20-18-. The van der Waals surface area contributed by atoms with E-state index in [1.54, 1.807) is 13.0 Å². The van der Waals surface area contributed by atoms with Gasteiger partial charge in [0.15, 0.2) is 0 Å². The van der Waals surface area contributed by atoms with Crippen molar-refractivity contribution in [2.24, 2.45) is 28.1 Å².